The molecule has 0 aliphatic heterocycles. The van der Waals surface area contributed by atoms with Gasteiger partial charge in [0.2, 0.25) is 0 Å². The van der Waals surface area contributed by atoms with Crippen LogP contribution in [0.1, 0.15) is 13.8 Å². The maximum Gasteiger partial charge on any atom is 0.312 e. The molecule has 0 heterocycles. The zero-order valence-corrected chi connectivity index (χ0v) is 6.14. The van der Waals surface area contributed by atoms with Gasteiger partial charge in [-0.15, -0.1) is 0 Å². The molecule has 9 heavy (non-hydrogen) atoms. The third-order valence-corrected chi connectivity index (χ3v) is 0.929. The number of allylic oxidation sites excluding steroid dienone is 1. The molecule has 0 atom stereocenters. The molecule has 1 amide bonds. The number of nitrogens with zero attached hydrogens (tertiary/aromatic N) is 1. The van der Waals surface area contributed by atoms with Gasteiger partial charge in [-0.2, -0.15) is 0 Å². The average molecular weight is 126 g/mol. The van der Waals surface area contributed by atoms with E-state index in [2.05, 4.69) is 0 Å². The van der Waals surface area contributed by atoms with Crippen LogP contribution in [-0.2, 0) is 4.79 Å². The predicted molar refractivity (Wildman–Crippen MR) is 37.8 cm³/mol. The molecule has 0 rings (SSSR count). The molecule has 0 saturated carbocycles. The Morgan fingerprint density at radius 1 is 1.67 bits per heavy atom. The standard InChI is InChI=1S/C7H12NO/c1-7(2)4-5-8(3)6-9/h4H,5H2,1-3H3. The SMILES string of the molecule is CC(C)=CCN(C)[C]=O. The summed E-state index contributed by atoms with van der Waals surface area (Å²) < 4.78 is 0. The van der Waals surface area contributed by atoms with Crippen molar-refractivity contribution < 1.29 is 4.79 Å². The first-order chi connectivity index (χ1) is 4.16. The number of likely N-dealkylation sites (N-methyl/N-ethyl adjacent to an activating group) is 1. The molecule has 0 aliphatic carbocycles. The van der Waals surface area contributed by atoms with E-state index in [4.69, 9.17) is 0 Å². The summed E-state index contributed by atoms with van der Waals surface area (Å²) in [7, 11) is 1.70. The maximum absolute atomic E-state index is 9.89. The first-order valence-corrected chi connectivity index (χ1v) is 2.89. The summed E-state index contributed by atoms with van der Waals surface area (Å²) in [4.78, 5) is 11.4. The lowest BCUT2D eigenvalue weighted by Gasteiger charge is -2.03. The Bertz CT molecular complexity index is 114. The smallest absolute Gasteiger partial charge is 0.312 e. The lowest BCUT2D eigenvalue weighted by atomic mass is 10.3. The van der Waals surface area contributed by atoms with Crippen LogP contribution in [-0.4, -0.2) is 24.9 Å². The molecule has 0 aliphatic rings. The zero-order valence-electron chi connectivity index (χ0n) is 6.14. The molecule has 0 saturated heterocycles. The van der Waals surface area contributed by atoms with E-state index in [1.165, 1.54) is 10.5 Å². The summed E-state index contributed by atoms with van der Waals surface area (Å²) in [5, 5.41) is 0. The fourth-order valence-corrected chi connectivity index (χ4v) is 0.357. The largest absolute Gasteiger partial charge is 0.334 e. The van der Waals surface area contributed by atoms with Crippen LogP contribution in [0.3, 0.4) is 0 Å². The van der Waals surface area contributed by atoms with E-state index < -0.39 is 0 Å². The van der Waals surface area contributed by atoms with Gasteiger partial charge in [-0.3, -0.25) is 4.79 Å². The maximum atomic E-state index is 9.89. The summed E-state index contributed by atoms with van der Waals surface area (Å²) in [6.07, 6.45) is 3.74. The van der Waals surface area contributed by atoms with Crippen LogP contribution in [0.5, 0.6) is 0 Å². The predicted octanol–water partition coefficient (Wildman–Crippen LogP) is 0.952. The van der Waals surface area contributed by atoms with Crippen LogP contribution in [0.4, 0.5) is 0 Å². The molecule has 0 fully saturated rings. The van der Waals surface area contributed by atoms with Gasteiger partial charge in [0.15, 0.2) is 0 Å². The molecule has 0 unspecified atom stereocenters. The van der Waals surface area contributed by atoms with E-state index in [0.717, 1.165) is 0 Å². The van der Waals surface area contributed by atoms with Gasteiger partial charge in [0.1, 0.15) is 0 Å². The Kier molecular flexibility index (Phi) is 3.76. The lowest BCUT2D eigenvalue weighted by molar-refractivity contribution is 0.460. The van der Waals surface area contributed by atoms with E-state index in [0.29, 0.717) is 6.54 Å². The monoisotopic (exact) mass is 126 g/mol. The fraction of sp³-hybridized carbons (Fsp3) is 0.571. The van der Waals surface area contributed by atoms with Crippen LogP contribution < -0.4 is 0 Å². The summed E-state index contributed by atoms with van der Waals surface area (Å²) >= 11 is 0. The Morgan fingerprint density at radius 2 is 2.22 bits per heavy atom. The molecule has 1 radical (unpaired) electrons. The summed E-state index contributed by atoms with van der Waals surface area (Å²) in [6.45, 7) is 4.66. The second kappa shape index (κ2) is 4.13. The molecule has 0 N–H and O–H groups in total. The second-order valence-corrected chi connectivity index (χ2v) is 2.25. The van der Waals surface area contributed by atoms with Gasteiger partial charge in [-0.1, -0.05) is 11.6 Å². The van der Waals surface area contributed by atoms with E-state index in [1.807, 2.05) is 19.9 Å². The van der Waals surface area contributed by atoms with Crippen molar-refractivity contribution in [3.05, 3.63) is 11.6 Å². The van der Waals surface area contributed by atoms with Crippen LogP contribution in [0.25, 0.3) is 0 Å². The molecule has 2 nitrogen and oxygen atoms in total. The third kappa shape index (κ3) is 5.07. The highest BCUT2D eigenvalue weighted by Crippen LogP contribution is 1.87. The first-order valence-electron chi connectivity index (χ1n) is 2.89. The second-order valence-electron chi connectivity index (χ2n) is 2.25. The minimum atomic E-state index is 0.659. The van der Waals surface area contributed by atoms with Gasteiger partial charge in [-0.25, -0.2) is 0 Å². The molecular formula is C7H12NO. The quantitative estimate of drug-likeness (QED) is 0.407. The molecule has 51 valence electrons. The molecule has 0 aromatic rings. The van der Waals surface area contributed by atoms with Crippen LogP contribution in [0.15, 0.2) is 11.6 Å². The fourth-order valence-electron chi connectivity index (χ4n) is 0.357. The van der Waals surface area contributed by atoms with Crippen LogP contribution in [0.2, 0.25) is 0 Å². The van der Waals surface area contributed by atoms with Gasteiger partial charge >= 0.3 is 6.41 Å². The van der Waals surface area contributed by atoms with Gasteiger partial charge in [0.05, 0.1) is 0 Å². The molecule has 2 heteroatoms. The molecule has 0 aromatic heterocycles. The van der Waals surface area contributed by atoms with E-state index in [-0.39, 0.29) is 0 Å². The molecule has 0 spiro atoms. The van der Waals surface area contributed by atoms with Crippen molar-refractivity contribution in [2.75, 3.05) is 13.6 Å². The lowest BCUT2D eigenvalue weighted by Crippen LogP contribution is -2.15. The molecule has 0 aromatic carbocycles. The van der Waals surface area contributed by atoms with Crippen molar-refractivity contribution in [2.45, 2.75) is 13.8 Å². The molecular weight excluding hydrogens is 114 g/mol. The van der Waals surface area contributed by atoms with Crippen molar-refractivity contribution in [2.24, 2.45) is 0 Å². The summed E-state index contributed by atoms with van der Waals surface area (Å²) in [5.74, 6) is 0. The number of hydrogen-bond acceptors (Lipinski definition) is 1. The summed E-state index contributed by atoms with van der Waals surface area (Å²) in [6, 6.07) is 0. The normalized spacial score (nSPS) is 8.33. The van der Waals surface area contributed by atoms with Crippen LogP contribution >= 0.6 is 0 Å². The molecule has 0 bridgehead atoms. The van der Waals surface area contributed by atoms with E-state index in [9.17, 15) is 4.79 Å². The number of rotatable bonds is 3. The van der Waals surface area contributed by atoms with Gasteiger partial charge < -0.3 is 4.90 Å². The Hall–Kier alpha value is -0.790. The number of carbonyl (C=O) groups excluding carboxylic acids is 1. The van der Waals surface area contributed by atoms with Crippen molar-refractivity contribution in [1.82, 2.24) is 4.90 Å². The van der Waals surface area contributed by atoms with Crippen molar-refractivity contribution in [3.8, 4) is 0 Å². The first kappa shape index (κ1) is 8.21. The van der Waals surface area contributed by atoms with E-state index in [1.54, 1.807) is 13.5 Å². The minimum absolute atomic E-state index is 0.659. The summed E-state index contributed by atoms with van der Waals surface area (Å²) in [5.41, 5.74) is 1.22. The number of hydrogen-bond donors (Lipinski definition) is 0. The van der Waals surface area contributed by atoms with Crippen LogP contribution in [0, 0.1) is 0 Å². The highest BCUT2D eigenvalue weighted by Gasteiger charge is 1.87. The Balaban J connectivity index is 3.49. The van der Waals surface area contributed by atoms with Crippen molar-refractivity contribution >= 4 is 6.41 Å². The highest BCUT2D eigenvalue weighted by atomic mass is 16.1. The van der Waals surface area contributed by atoms with Gasteiger partial charge in [0, 0.05) is 13.6 Å². The Morgan fingerprint density at radius 3 is 2.56 bits per heavy atom. The average Bonchev–Trinajstić information content (AvgIpc) is 1.83. The number of amides is 1. The van der Waals surface area contributed by atoms with E-state index >= 15 is 0 Å². The zero-order chi connectivity index (χ0) is 7.28. The van der Waals surface area contributed by atoms with Gasteiger partial charge in [0.25, 0.3) is 0 Å². The Labute approximate surface area is 56.2 Å². The topological polar surface area (TPSA) is 20.3 Å². The minimum Gasteiger partial charge on any atom is -0.334 e. The van der Waals surface area contributed by atoms with Crippen molar-refractivity contribution in [3.63, 3.8) is 0 Å². The van der Waals surface area contributed by atoms with Crippen molar-refractivity contribution in [1.29, 1.82) is 0 Å². The highest BCUT2D eigenvalue weighted by molar-refractivity contribution is 5.47. The van der Waals surface area contributed by atoms with Gasteiger partial charge in [-0.05, 0) is 13.8 Å². The third-order valence-electron chi connectivity index (χ3n) is 0.929.